The molecule has 0 saturated heterocycles. The molecular weight excluding hydrogens is 266 g/mol. The molecule has 110 valence electrons. The summed E-state index contributed by atoms with van der Waals surface area (Å²) in [4.78, 5) is 0. The molecule has 2 aliphatic rings. The number of nitrogens with zero attached hydrogens (tertiary/aromatic N) is 2. The van der Waals surface area contributed by atoms with Gasteiger partial charge in [-0.1, -0.05) is 35.8 Å². The molecule has 1 saturated carbocycles. The van der Waals surface area contributed by atoms with Gasteiger partial charge in [0.2, 0.25) is 5.89 Å². The molecule has 1 aliphatic carbocycles. The van der Waals surface area contributed by atoms with Gasteiger partial charge >= 0.3 is 6.01 Å². The molecule has 5 heteroatoms. The van der Waals surface area contributed by atoms with Gasteiger partial charge in [-0.2, -0.15) is 0 Å². The Kier molecular flexibility index (Phi) is 3.35. The lowest BCUT2D eigenvalue weighted by Gasteiger charge is -2.25. The maximum absolute atomic E-state index is 5.86. The fourth-order valence-corrected chi connectivity index (χ4v) is 2.95. The van der Waals surface area contributed by atoms with Gasteiger partial charge in [-0.15, -0.1) is 5.10 Å². The Balaban J connectivity index is 1.42. The number of anilines is 1. The summed E-state index contributed by atoms with van der Waals surface area (Å²) in [5, 5.41) is 11.4. The van der Waals surface area contributed by atoms with Crippen molar-refractivity contribution in [3.8, 4) is 0 Å². The summed E-state index contributed by atoms with van der Waals surface area (Å²) in [6.45, 7) is 1.42. The summed E-state index contributed by atoms with van der Waals surface area (Å²) in [5.74, 6) is 1.24. The first-order valence-corrected chi connectivity index (χ1v) is 7.67. The van der Waals surface area contributed by atoms with Gasteiger partial charge in [-0.25, -0.2) is 0 Å². The van der Waals surface area contributed by atoms with Crippen molar-refractivity contribution in [1.29, 1.82) is 0 Å². The van der Waals surface area contributed by atoms with E-state index in [0.29, 0.717) is 18.5 Å². The number of benzene rings is 1. The molecule has 0 unspecified atom stereocenters. The van der Waals surface area contributed by atoms with Gasteiger partial charge in [0.25, 0.3) is 0 Å². The molecule has 2 aromatic rings. The van der Waals surface area contributed by atoms with E-state index in [1.54, 1.807) is 0 Å². The van der Waals surface area contributed by atoms with E-state index in [9.17, 15) is 0 Å². The highest BCUT2D eigenvalue weighted by Crippen LogP contribution is 2.36. The van der Waals surface area contributed by atoms with Crippen molar-refractivity contribution in [3.05, 3.63) is 41.3 Å². The predicted octanol–water partition coefficient (Wildman–Crippen LogP) is 3.06. The zero-order valence-electron chi connectivity index (χ0n) is 11.9. The summed E-state index contributed by atoms with van der Waals surface area (Å²) in [7, 11) is 0. The molecular formula is C16H19N3O2. The van der Waals surface area contributed by atoms with Crippen molar-refractivity contribution in [1.82, 2.24) is 10.2 Å². The first kappa shape index (κ1) is 12.8. The molecule has 0 radical (unpaired) electrons. The third kappa shape index (κ3) is 2.53. The fraction of sp³-hybridized carbons (Fsp3) is 0.500. The highest BCUT2D eigenvalue weighted by molar-refractivity contribution is 5.32. The average Bonchev–Trinajstić information content (AvgIpc) is 2.91. The Bertz CT molecular complexity index is 621. The Morgan fingerprint density at radius 3 is 2.95 bits per heavy atom. The number of nitrogens with one attached hydrogen (secondary N) is 1. The lowest BCUT2D eigenvalue weighted by molar-refractivity contribution is 0.0510. The first-order valence-electron chi connectivity index (χ1n) is 7.67. The monoisotopic (exact) mass is 285 g/mol. The van der Waals surface area contributed by atoms with E-state index in [4.69, 9.17) is 9.15 Å². The topological polar surface area (TPSA) is 60.2 Å². The molecule has 1 aromatic heterocycles. The summed E-state index contributed by atoms with van der Waals surface area (Å²) >= 11 is 0. The van der Waals surface area contributed by atoms with Gasteiger partial charge in [-0.05, 0) is 30.4 Å². The molecule has 21 heavy (non-hydrogen) atoms. The van der Waals surface area contributed by atoms with E-state index in [2.05, 4.69) is 39.8 Å². The third-order valence-corrected chi connectivity index (χ3v) is 4.43. The smallest absolute Gasteiger partial charge is 0.315 e. The SMILES string of the molecule is c1ccc2c(c1)CCO[C@H]2CNc1nnc(C2CCC2)o1. The molecule has 1 aromatic carbocycles. The molecule has 1 atom stereocenters. The van der Waals surface area contributed by atoms with Crippen molar-refractivity contribution in [2.75, 3.05) is 18.5 Å². The first-order chi connectivity index (χ1) is 10.4. The van der Waals surface area contributed by atoms with Crippen LogP contribution in [0.1, 0.15) is 48.3 Å². The summed E-state index contributed by atoms with van der Waals surface area (Å²) < 4.78 is 11.5. The molecule has 0 spiro atoms. The van der Waals surface area contributed by atoms with Gasteiger partial charge in [0.15, 0.2) is 0 Å². The molecule has 4 rings (SSSR count). The second kappa shape index (κ2) is 5.48. The minimum Gasteiger partial charge on any atom is -0.408 e. The quantitative estimate of drug-likeness (QED) is 0.935. The second-order valence-corrected chi connectivity index (χ2v) is 5.76. The molecule has 1 N–H and O–H groups in total. The van der Waals surface area contributed by atoms with Gasteiger partial charge in [0.1, 0.15) is 6.10 Å². The van der Waals surface area contributed by atoms with Crippen LogP contribution in [0.2, 0.25) is 0 Å². The van der Waals surface area contributed by atoms with Crippen LogP contribution < -0.4 is 5.32 Å². The number of aromatic nitrogens is 2. The van der Waals surface area contributed by atoms with Crippen LogP contribution in [0.4, 0.5) is 6.01 Å². The number of hydrogen-bond acceptors (Lipinski definition) is 5. The Labute approximate surface area is 123 Å². The van der Waals surface area contributed by atoms with E-state index >= 15 is 0 Å². The lowest BCUT2D eigenvalue weighted by atomic mass is 9.85. The van der Waals surface area contributed by atoms with Gasteiger partial charge in [0, 0.05) is 12.5 Å². The summed E-state index contributed by atoms with van der Waals surface area (Å²) in [5.41, 5.74) is 2.63. The number of rotatable bonds is 4. The van der Waals surface area contributed by atoms with E-state index in [1.165, 1.54) is 30.4 Å². The molecule has 5 nitrogen and oxygen atoms in total. The van der Waals surface area contributed by atoms with E-state index in [1.807, 2.05) is 0 Å². The molecule has 2 heterocycles. The van der Waals surface area contributed by atoms with Crippen molar-refractivity contribution in [2.24, 2.45) is 0 Å². The molecule has 1 aliphatic heterocycles. The lowest BCUT2D eigenvalue weighted by Crippen LogP contribution is -2.22. The molecule has 0 amide bonds. The maximum Gasteiger partial charge on any atom is 0.315 e. The second-order valence-electron chi connectivity index (χ2n) is 5.76. The zero-order valence-corrected chi connectivity index (χ0v) is 11.9. The Hall–Kier alpha value is -1.88. The van der Waals surface area contributed by atoms with Crippen LogP contribution in [-0.4, -0.2) is 23.3 Å². The highest BCUT2D eigenvalue weighted by atomic mass is 16.5. The van der Waals surface area contributed by atoms with Gasteiger partial charge in [-0.3, -0.25) is 0 Å². The van der Waals surface area contributed by atoms with Crippen molar-refractivity contribution in [3.63, 3.8) is 0 Å². The number of ether oxygens (including phenoxy) is 1. The summed E-state index contributed by atoms with van der Waals surface area (Å²) in [6.07, 6.45) is 4.64. The van der Waals surface area contributed by atoms with Gasteiger partial charge < -0.3 is 14.5 Å². The third-order valence-electron chi connectivity index (χ3n) is 4.43. The van der Waals surface area contributed by atoms with Crippen LogP contribution in [0.25, 0.3) is 0 Å². The minimum atomic E-state index is 0.0500. The number of fused-ring (bicyclic) bond motifs is 1. The number of hydrogen-bond donors (Lipinski definition) is 1. The zero-order chi connectivity index (χ0) is 14.1. The van der Waals surface area contributed by atoms with Crippen LogP contribution in [-0.2, 0) is 11.2 Å². The Morgan fingerprint density at radius 2 is 2.10 bits per heavy atom. The Morgan fingerprint density at radius 1 is 1.19 bits per heavy atom. The van der Waals surface area contributed by atoms with E-state index in [-0.39, 0.29) is 6.10 Å². The van der Waals surface area contributed by atoms with Crippen molar-refractivity contribution >= 4 is 6.01 Å². The van der Waals surface area contributed by atoms with Crippen LogP contribution in [0.3, 0.4) is 0 Å². The van der Waals surface area contributed by atoms with Crippen LogP contribution >= 0.6 is 0 Å². The minimum absolute atomic E-state index is 0.0500. The predicted molar refractivity (Wildman–Crippen MR) is 78.2 cm³/mol. The largest absolute Gasteiger partial charge is 0.408 e. The van der Waals surface area contributed by atoms with Crippen molar-refractivity contribution < 1.29 is 9.15 Å². The standard InChI is InChI=1S/C16H19N3O2/c1-2-7-13-11(4-1)8-9-20-14(13)10-17-16-19-18-15(21-16)12-5-3-6-12/h1-2,4,7,12,14H,3,5-6,8-10H2,(H,17,19)/t14-/m0/s1. The van der Waals surface area contributed by atoms with Gasteiger partial charge in [0.05, 0.1) is 6.61 Å². The molecule has 0 bridgehead atoms. The molecule has 1 fully saturated rings. The highest BCUT2D eigenvalue weighted by Gasteiger charge is 2.26. The van der Waals surface area contributed by atoms with Crippen LogP contribution in [0, 0.1) is 0 Å². The normalized spacial score (nSPS) is 21.6. The van der Waals surface area contributed by atoms with E-state index < -0.39 is 0 Å². The fourth-order valence-electron chi connectivity index (χ4n) is 2.95. The van der Waals surface area contributed by atoms with Crippen LogP contribution in [0.15, 0.2) is 28.7 Å². The van der Waals surface area contributed by atoms with E-state index in [0.717, 1.165) is 18.9 Å². The van der Waals surface area contributed by atoms with Crippen LogP contribution in [0.5, 0.6) is 0 Å². The van der Waals surface area contributed by atoms with Crippen molar-refractivity contribution in [2.45, 2.75) is 37.7 Å². The maximum atomic E-state index is 5.86. The summed E-state index contributed by atoms with van der Waals surface area (Å²) in [6, 6.07) is 8.95. The average molecular weight is 285 g/mol.